The van der Waals surface area contributed by atoms with Crippen LogP contribution in [0.5, 0.6) is 0 Å². The van der Waals surface area contributed by atoms with Crippen molar-refractivity contribution in [3.63, 3.8) is 0 Å². The Balaban J connectivity index is 1.64. The second-order valence-electron chi connectivity index (χ2n) is 6.85. The van der Waals surface area contributed by atoms with E-state index in [0.717, 1.165) is 32.8 Å². The van der Waals surface area contributed by atoms with Crippen LogP contribution in [0.25, 0.3) is 0 Å². The fourth-order valence-electron chi connectivity index (χ4n) is 2.91. The van der Waals surface area contributed by atoms with Crippen molar-refractivity contribution in [3.8, 4) is 0 Å². The molecular formula is C16H30N2O. The van der Waals surface area contributed by atoms with E-state index in [-0.39, 0.29) is 0 Å². The van der Waals surface area contributed by atoms with E-state index in [1.54, 1.807) is 5.57 Å². The molecule has 1 fully saturated rings. The third-order valence-electron chi connectivity index (χ3n) is 4.30. The summed E-state index contributed by atoms with van der Waals surface area (Å²) in [6.45, 7) is 13.4. The summed E-state index contributed by atoms with van der Waals surface area (Å²) in [6, 6.07) is 0. The van der Waals surface area contributed by atoms with Crippen LogP contribution in [0.1, 0.15) is 40.0 Å². The number of hydrogen-bond acceptors (Lipinski definition) is 3. The van der Waals surface area contributed by atoms with Crippen molar-refractivity contribution in [1.82, 2.24) is 10.2 Å². The van der Waals surface area contributed by atoms with Crippen LogP contribution in [0.15, 0.2) is 11.6 Å². The van der Waals surface area contributed by atoms with Gasteiger partial charge in [0, 0.05) is 19.6 Å². The van der Waals surface area contributed by atoms with Crippen molar-refractivity contribution in [3.05, 3.63) is 11.6 Å². The first-order chi connectivity index (χ1) is 9.05. The maximum Gasteiger partial charge on any atom is 0.0600 e. The molecule has 0 atom stereocenters. The fourth-order valence-corrected chi connectivity index (χ4v) is 2.91. The van der Waals surface area contributed by atoms with Gasteiger partial charge in [-0.15, -0.1) is 0 Å². The lowest BCUT2D eigenvalue weighted by molar-refractivity contribution is 0.0209. The number of hydrogen-bond donors (Lipinski definition) is 1. The largest absolute Gasteiger partial charge is 0.377 e. The minimum Gasteiger partial charge on any atom is -0.377 e. The fraction of sp³-hybridized carbons (Fsp3) is 0.875. The van der Waals surface area contributed by atoms with Crippen LogP contribution in [0.3, 0.4) is 0 Å². The van der Waals surface area contributed by atoms with Gasteiger partial charge in [0.15, 0.2) is 0 Å². The third-order valence-corrected chi connectivity index (χ3v) is 4.30. The van der Waals surface area contributed by atoms with Crippen LogP contribution in [-0.4, -0.2) is 50.3 Å². The summed E-state index contributed by atoms with van der Waals surface area (Å²) in [5, 5.41) is 3.38. The lowest BCUT2D eigenvalue weighted by Crippen LogP contribution is -2.36. The molecule has 2 aliphatic heterocycles. The molecule has 0 aromatic rings. The highest BCUT2D eigenvalue weighted by Gasteiger charge is 2.21. The van der Waals surface area contributed by atoms with Gasteiger partial charge in [-0.05, 0) is 37.8 Å². The SMILES string of the molecule is CC(C)(C)C1=CCN(CCOC2CCNCC2)CC1. The predicted octanol–water partition coefficient (Wildman–Crippen LogP) is 2.43. The van der Waals surface area contributed by atoms with E-state index in [9.17, 15) is 0 Å². The summed E-state index contributed by atoms with van der Waals surface area (Å²) in [5.74, 6) is 0. The average molecular weight is 266 g/mol. The zero-order valence-electron chi connectivity index (χ0n) is 12.9. The Kier molecular flexibility index (Phi) is 5.43. The van der Waals surface area contributed by atoms with Crippen molar-refractivity contribution < 1.29 is 4.74 Å². The van der Waals surface area contributed by atoms with Crippen LogP contribution in [0.2, 0.25) is 0 Å². The lowest BCUT2D eigenvalue weighted by atomic mass is 9.83. The first-order valence-electron chi connectivity index (χ1n) is 7.80. The summed E-state index contributed by atoms with van der Waals surface area (Å²) in [7, 11) is 0. The Morgan fingerprint density at radius 1 is 1.32 bits per heavy atom. The predicted molar refractivity (Wildman–Crippen MR) is 80.4 cm³/mol. The van der Waals surface area contributed by atoms with Gasteiger partial charge in [0.1, 0.15) is 0 Å². The smallest absolute Gasteiger partial charge is 0.0600 e. The molecule has 19 heavy (non-hydrogen) atoms. The second kappa shape index (κ2) is 6.87. The molecule has 0 radical (unpaired) electrons. The number of ether oxygens (including phenoxy) is 1. The number of rotatable bonds is 4. The van der Waals surface area contributed by atoms with Gasteiger partial charge in [-0.25, -0.2) is 0 Å². The van der Waals surface area contributed by atoms with Gasteiger partial charge in [0.25, 0.3) is 0 Å². The molecule has 0 aromatic heterocycles. The zero-order chi connectivity index (χ0) is 13.7. The standard InChI is InChI=1S/C16H30N2O/c1-16(2,3)14-6-10-18(11-7-14)12-13-19-15-4-8-17-9-5-15/h6,15,17H,4-5,7-13H2,1-3H3. The summed E-state index contributed by atoms with van der Waals surface area (Å²) in [5.41, 5.74) is 1.96. The third kappa shape index (κ3) is 4.90. The van der Waals surface area contributed by atoms with Gasteiger partial charge in [0.2, 0.25) is 0 Å². The Hall–Kier alpha value is -0.380. The molecule has 0 unspecified atom stereocenters. The normalized spacial score (nSPS) is 23.4. The van der Waals surface area contributed by atoms with Crippen molar-refractivity contribution >= 4 is 0 Å². The van der Waals surface area contributed by atoms with E-state index < -0.39 is 0 Å². The molecule has 0 amide bonds. The average Bonchev–Trinajstić information content (AvgIpc) is 2.39. The molecule has 110 valence electrons. The van der Waals surface area contributed by atoms with Crippen LogP contribution < -0.4 is 5.32 Å². The molecule has 3 heteroatoms. The molecule has 3 nitrogen and oxygen atoms in total. The number of piperidine rings is 1. The van der Waals surface area contributed by atoms with E-state index in [1.807, 2.05) is 0 Å². The Labute approximate surface area is 118 Å². The van der Waals surface area contributed by atoms with Crippen molar-refractivity contribution in [1.29, 1.82) is 0 Å². The van der Waals surface area contributed by atoms with Crippen LogP contribution in [0, 0.1) is 5.41 Å². The summed E-state index contributed by atoms with van der Waals surface area (Å²) < 4.78 is 5.98. The molecule has 2 rings (SSSR count). The van der Waals surface area contributed by atoms with Gasteiger partial charge in [0.05, 0.1) is 12.7 Å². The second-order valence-corrected chi connectivity index (χ2v) is 6.85. The summed E-state index contributed by atoms with van der Waals surface area (Å²) in [6.07, 6.45) is 6.49. The van der Waals surface area contributed by atoms with Crippen molar-refractivity contribution in [2.75, 3.05) is 39.3 Å². The Morgan fingerprint density at radius 2 is 2.05 bits per heavy atom. The van der Waals surface area contributed by atoms with Gasteiger partial charge in [-0.2, -0.15) is 0 Å². The first kappa shape index (κ1) is 15.0. The number of nitrogens with zero attached hydrogens (tertiary/aromatic N) is 1. The first-order valence-corrected chi connectivity index (χ1v) is 7.80. The van der Waals surface area contributed by atoms with E-state index in [2.05, 4.69) is 37.1 Å². The van der Waals surface area contributed by atoms with Crippen molar-refractivity contribution in [2.45, 2.75) is 46.1 Å². The molecule has 0 saturated carbocycles. The topological polar surface area (TPSA) is 24.5 Å². The van der Waals surface area contributed by atoms with Gasteiger partial charge < -0.3 is 10.1 Å². The molecule has 2 aliphatic rings. The van der Waals surface area contributed by atoms with Gasteiger partial charge >= 0.3 is 0 Å². The number of nitrogens with one attached hydrogen (secondary N) is 1. The highest BCUT2D eigenvalue weighted by Crippen LogP contribution is 2.29. The zero-order valence-corrected chi connectivity index (χ0v) is 12.9. The molecule has 0 bridgehead atoms. The van der Waals surface area contributed by atoms with Crippen LogP contribution >= 0.6 is 0 Å². The monoisotopic (exact) mass is 266 g/mol. The van der Waals surface area contributed by atoms with Gasteiger partial charge in [-0.1, -0.05) is 32.4 Å². The quantitative estimate of drug-likeness (QED) is 0.791. The Bertz CT molecular complexity index is 300. The molecule has 1 saturated heterocycles. The highest BCUT2D eigenvalue weighted by atomic mass is 16.5. The molecule has 1 N–H and O–H groups in total. The molecule has 0 aliphatic carbocycles. The highest BCUT2D eigenvalue weighted by molar-refractivity contribution is 5.14. The Morgan fingerprint density at radius 3 is 2.63 bits per heavy atom. The molecule has 0 spiro atoms. The van der Waals surface area contributed by atoms with E-state index >= 15 is 0 Å². The minimum absolute atomic E-state index is 0.345. The van der Waals surface area contributed by atoms with E-state index in [0.29, 0.717) is 11.5 Å². The van der Waals surface area contributed by atoms with Crippen LogP contribution in [-0.2, 0) is 4.74 Å². The van der Waals surface area contributed by atoms with E-state index in [4.69, 9.17) is 4.74 Å². The van der Waals surface area contributed by atoms with E-state index in [1.165, 1.54) is 25.8 Å². The van der Waals surface area contributed by atoms with Crippen molar-refractivity contribution in [2.24, 2.45) is 5.41 Å². The van der Waals surface area contributed by atoms with Crippen LogP contribution in [0.4, 0.5) is 0 Å². The maximum absolute atomic E-state index is 5.98. The molecule has 2 heterocycles. The maximum atomic E-state index is 5.98. The minimum atomic E-state index is 0.345. The lowest BCUT2D eigenvalue weighted by Gasteiger charge is -2.32. The summed E-state index contributed by atoms with van der Waals surface area (Å²) >= 11 is 0. The molecule has 0 aromatic carbocycles. The van der Waals surface area contributed by atoms with Gasteiger partial charge in [-0.3, -0.25) is 4.90 Å². The molecular weight excluding hydrogens is 236 g/mol. The summed E-state index contributed by atoms with van der Waals surface area (Å²) in [4.78, 5) is 2.51.